The summed E-state index contributed by atoms with van der Waals surface area (Å²) in [6.07, 6.45) is 5.21. The number of fused-ring (bicyclic) bond motifs is 1. The van der Waals surface area contributed by atoms with E-state index in [0.29, 0.717) is 11.4 Å². The van der Waals surface area contributed by atoms with Crippen molar-refractivity contribution >= 4 is 36.3 Å². The van der Waals surface area contributed by atoms with Crippen LogP contribution in [0.1, 0.15) is 5.56 Å². The Hall–Kier alpha value is -4.23. The van der Waals surface area contributed by atoms with Gasteiger partial charge in [-0.15, -0.1) is 0 Å². The Labute approximate surface area is 187 Å². The van der Waals surface area contributed by atoms with Gasteiger partial charge in [-0.05, 0) is 72.1 Å². The van der Waals surface area contributed by atoms with E-state index in [9.17, 15) is 9.90 Å². The van der Waals surface area contributed by atoms with E-state index in [1.165, 1.54) is 4.57 Å². The fourth-order valence-electron chi connectivity index (χ4n) is 3.53. The van der Waals surface area contributed by atoms with Crippen molar-refractivity contribution in [3.63, 3.8) is 0 Å². The SMILES string of the molecule is O=c1[nH]c(=S)n(-c2ccc(Oc3ccccc3)cc2)c(O)c1C=c1cccc2c1=CC=N2. The maximum absolute atomic E-state index is 12.6. The van der Waals surface area contributed by atoms with Gasteiger partial charge in [-0.1, -0.05) is 30.3 Å². The van der Waals surface area contributed by atoms with Crippen molar-refractivity contribution in [1.82, 2.24) is 9.55 Å². The van der Waals surface area contributed by atoms with Crippen LogP contribution < -0.4 is 20.7 Å². The molecule has 0 unspecified atom stereocenters. The first-order valence-electron chi connectivity index (χ1n) is 9.87. The third kappa shape index (κ3) is 3.66. The molecule has 1 aromatic heterocycles. The van der Waals surface area contributed by atoms with Crippen LogP contribution in [0.4, 0.5) is 5.69 Å². The van der Waals surface area contributed by atoms with E-state index in [2.05, 4.69) is 9.98 Å². The summed E-state index contributed by atoms with van der Waals surface area (Å²) in [6.45, 7) is 0. The molecule has 0 spiro atoms. The molecule has 6 nitrogen and oxygen atoms in total. The third-order valence-corrected chi connectivity index (χ3v) is 5.35. The molecule has 0 aliphatic carbocycles. The molecule has 0 amide bonds. The van der Waals surface area contributed by atoms with Crippen LogP contribution in [0.25, 0.3) is 17.8 Å². The smallest absolute Gasteiger partial charge is 0.262 e. The third-order valence-electron chi connectivity index (χ3n) is 5.07. The van der Waals surface area contributed by atoms with Gasteiger partial charge in [0.05, 0.1) is 11.4 Å². The zero-order chi connectivity index (χ0) is 22.1. The van der Waals surface area contributed by atoms with Gasteiger partial charge in [-0.25, -0.2) is 0 Å². The lowest BCUT2D eigenvalue weighted by atomic mass is 10.1. The van der Waals surface area contributed by atoms with Gasteiger partial charge in [0.2, 0.25) is 5.88 Å². The van der Waals surface area contributed by atoms with Crippen molar-refractivity contribution in [3.8, 4) is 23.1 Å². The van der Waals surface area contributed by atoms with Crippen molar-refractivity contribution in [2.45, 2.75) is 0 Å². The summed E-state index contributed by atoms with van der Waals surface area (Å²) in [4.78, 5) is 19.5. The molecule has 1 aliphatic rings. The molecule has 2 N–H and O–H groups in total. The number of aliphatic imine (C=N–C) groups is 1. The van der Waals surface area contributed by atoms with Crippen LogP contribution >= 0.6 is 12.2 Å². The minimum absolute atomic E-state index is 0.0922. The zero-order valence-corrected chi connectivity index (χ0v) is 17.5. The molecule has 1 aliphatic heterocycles. The van der Waals surface area contributed by atoms with Crippen LogP contribution in [-0.4, -0.2) is 20.9 Å². The molecule has 5 rings (SSSR count). The highest BCUT2D eigenvalue weighted by atomic mass is 32.1. The molecule has 0 atom stereocenters. The summed E-state index contributed by atoms with van der Waals surface area (Å²) in [5, 5.41) is 12.7. The number of ether oxygens (including phenoxy) is 1. The van der Waals surface area contributed by atoms with Crippen LogP contribution in [0, 0.1) is 4.77 Å². The number of para-hydroxylation sites is 1. The molecule has 4 aromatic rings. The van der Waals surface area contributed by atoms with E-state index in [4.69, 9.17) is 17.0 Å². The normalized spacial score (nSPS) is 12.4. The molecular weight excluding hydrogens is 422 g/mol. The minimum atomic E-state index is -0.468. The predicted octanol–water partition coefficient (Wildman–Crippen LogP) is 3.72. The second-order valence-electron chi connectivity index (χ2n) is 7.11. The lowest BCUT2D eigenvalue weighted by Gasteiger charge is -2.12. The molecule has 156 valence electrons. The minimum Gasteiger partial charge on any atom is -0.494 e. The number of nitrogens with one attached hydrogen (secondary N) is 1. The summed E-state index contributed by atoms with van der Waals surface area (Å²) in [5.74, 6) is 1.11. The first-order chi connectivity index (χ1) is 15.6. The number of H-pyrrole nitrogens is 1. The van der Waals surface area contributed by atoms with E-state index in [1.54, 1.807) is 36.6 Å². The van der Waals surface area contributed by atoms with Crippen molar-refractivity contribution in [2.75, 3.05) is 0 Å². The summed E-state index contributed by atoms with van der Waals surface area (Å²) >= 11 is 5.33. The number of hydrogen-bond donors (Lipinski definition) is 2. The number of hydrogen-bond acceptors (Lipinski definition) is 5. The Morgan fingerprint density at radius 3 is 2.50 bits per heavy atom. The van der Waals surface area contributed by atoms with Crippen molar-refractivity contribution in [3.05, 3.63) is 104 Å². The predicted molar refractivity (Wildman–Crippen MR) is 127 cm³/mol. The van der Waals surface area contributed by atoms with Gasteiger partial charge in [0.25, 0.3) is 5.56 Å². The van der Waals surface area contributed by atoms with Crippen molar-refractivity contribution in [2.24, 2.45) is 4.99 Å². The Morgan fingerprint density at radius 1 is 0.969 bits per heavy atom. The van der Waals surface area contributed by atoms with Crippen LogP contribution in [0.15, 0.2) is 82.6 Å². The zero-order valence-electron chi connectivity index (χ0n) is 16.7. The van der Waals surface area contributed by atoms with Gasteiger partial charge in [-0.3, -0.25) is 19.3 Å². The Kier molecular flexibility index (Phi) is 5.01. The number of aromatic hydroxyl groups is 1. The van der Waals surface area contributed by atoms with Crippen molar-refractivity contribution < 1.29 is 9.84 Å². The van der Waals surface area contributed by atoms with E-state index in [0.717, 1.165) is 21.9 Å². The van der Waals surface area contributed by atoms with Gasteiger partial charge in [-0.2, -0.15) is 0 Å². The molecule has 32 heavy (non-hydrogen) atoms. The monoisotopic (exact) mass is 439 g/mol. The van der Waals surface area contributed by atoms with E-state index in [-0.39, 0.29) is 16.2 Å². The fourth-order valence-corrected chi connectivity index (χ4v) is 3.82. The second-order valence-corrected chi connectivity index (χ2v) is 7.50. The summed E-state index contributed by atoms with van der Waals surface area (Å²) in [5.41, 5.74) is 1.05. The van der Waals surface area contributed by atoms with Crippen LogP contribution in [0.3, 0.4) is 0 Å². The second kappa shape index (κ2) is 8.13. The molecule has 0 bridgehead atoms. The highest BCUT2D eigenvalue weighted by molar-refractivity contribution is 7.71. The number of aromatic nitrogens is 2. The van der Waals surface area contributed by atoms with Crippen LogP contribution in [-0.2, 0) is 0 Å². The maximum atomic E-state index is 12.6. The summed E-state index contributed by atoms with van der Waals surface area (Å²) in [6, 6.07) is 22.1. The summed E-state index contributed by atoms with van der Waals surface area (Å²) in [7, 11) is 0. The average molecular weight is 439 g/mol. The maximum Gasteiger partial charge on any atom is 0.262 e. The van der Waals surface area contributed by atoms with Gasteiger partial charge >= 0.3 is 0 Å². The molecule has 2 heterocycles. The van der Waals surface area contributed by atoms with Crippen molar-refractivity contribution in [1.29, 1.82) is 0 Å². The highest BCUT2D eigenvalue weighted by Crippen LogP contribution is 2.25. The fraction of sp³-hybridized carbons (Fsp3) is 0. The van der Waals surface area contributed by atoms with Gasteiger partial charge in [0, 0.05) is 11.4 Å². The Morgan fingerprint density at radius 2 is 1.72 bits per heavy atom. The number of aromatic amines is 1. The van der Waals surface area contributed by atoms with Crippen LogP contribution in [0.2, 0.25) is 0 Å². The molecule has 7 heteroatoms. The number of nitrogens with zero attached hydrogens (tertiary/aromatic N) is 2. The molecule has 0 radical (unpaired) electrons. The quantitative estimate of drug-likeness (QED) is 0.475. The molecule has 0 saturated heterocycles. The molecule has 3 aromatic carbocycles. The number of benzene rings is 3. The van der Waals surface area contributed by atoms with E-state index >= 15 is 0 Å². The highest BCUT2D eigenvalue weighted by Gasteiger charge is 2.13. The van der Waals surface area contributed by atoms with E-state index in [1.807, 2.05) is 54.6 Å². The first-order valence-corrected chi connectivity index (χ1v) is 10.3. The van der Waals surface area contributed by atoms with Gasteiger partial charge in [0.15, 0.2) is 4.77 Å². The first kappa shape index (κ1) is 19.7. The Balaban J connectivity index is 1.58. The summed E-state index contributed by atoms with van der Waals surface area (Å²) < 4.78 is 7.32. The largest absolute Gasteiger partial charge is 0.494 e. The lowest BCUT2D eigenvalue weighted by molar-refractivity contribution is 0.431. The van der Waals surface area contributed by atoms with Crippen LogP contribution in [0.5, 0.6) is 17.4 Å². The average Bonchev–Trinajstić information content (AvgIpc) is 3.28. The lowest BCUT2D eigenvalue weighted by Crippen LogP contribution is -2.25. The molecule has 0 saturated carbocycles. The standard InChI is InChI=1S/C25H17N3O3S/c29-23-21(15-16-5-4-8-22-20(16)13-14-26-22)24(30)28(25(32)27-23)17-9-11-19(12-10-17)31-18-6-2-1-3-7-18/h1-15,30H,(H,27,29,32). The topological polar surface area (TPSA) is 79.6 Å². The van der Waals surface area contributed by atoms with Gasteiger partial charge in [0.1, 0.15) is 17.1 Å². The molecule has 0 fully saturated rings. The van der Waals surface area contributed by atoms with E-state index < -0.39 is 5.56 Å². The Bertz CT molecular complexity index is 1590. The number of rotatable bonds is 4. The van der Waals surface area contributed by atoms with Gasteiger partial charge < -0.3 is 9.84 Å². The molecular formula is C25H17N3O3S.